The lowest BCUT2D eigenvalue weighted by atomic mass is 9.94. The number of aromatic nitrogens is 1. The maximum absolute atomic E-state index is 13.9. The number of hydrogen-bond donors (Lipinski definition) is 3. The fourth-order valence-electron chi connectivity index (χ4n) is 6.96. The van der Waals surface area contributed by atoms with Gasteiger partial charge in [-0.05, 0) is 75.8 Å². The van der Waals surface area contributed by atoms with Crippen LogP contribution in [0, 0.1) is 17.8 Å². The van der Waals surface area contributed by atoms with Gasteiger partial charge in [0.1, 0.15) is 30.0 Å². The summed E-state index contributed by atoms with van der Waals surface area (Å²) in [6.07, 6.45) is 2.70. The van der Waals surface area contributed by atoms with E-state index in [1.165, 1.54) is 10.3 Å². The third kappa shape index (κ3) is 15.9. The number of ketones is 1. The van der Waals surface area contributed by atoms with E-state index in [1.807, 2.05) is 88.4 Å². The molecule has 61 heavy (non-hydrogen) atoms. The van der Waals surface area contributed by atoms with Crippen molar-refractivity contribution in [3.63, 3.8) is 0 Å². The predicted molar refractivity (Wildman–Crippen MR) is 238 cm³/mol. The van der Waals surface area contributed by atoms with Crippen LogP contribution >= 0.6 is 23.7 Å². The lowest BCUT2D eigenvalue weighted by Gasteiger charge is -2.37. The molecule has 0 aliphatic carbocycles. The lowest BCUT2D eigenvalue weighted by Crippen LogP contribution is -2.59. The molecule has 2 aromatic carbocycles. The Morgan fingerprint density at radius 3 is 2.13 bits per heavy atom. The third-order valence-electron chi connectivity index (χ3n) is 10.7. The van der Waals surface area contributed by atoms with Crippen LogP contribution in [0.4, 0.5) is 4.79 Å². The number of rotatable bonds is 19. The number of piperidine rings is 1. The van der Waals surface area contributed by atoms with Gasteiger partial charge in [-0.15, -0.1) is 23.7 Å². The second-order valence-corrected chi connectivity index (χ2v) is 18.0. The summed E-state index contributed by atoms with van der Waals surface area (Å²) in [4.78, 5) is 86.7. The van der Waals surface area contributed by atoms with Crippen molar-refractivity contribution in [2.24, 2.45) is 17.8 Å². The standard InChI is InChI=1S/C46H63N5O8S.ClH/c1-9-30(4)39(50-41(54)37-22-16-17-23-51(37)45(57)59-46(6,7)8)42(55)48-35(29(2)3)26-38(52)43-49-36(28-60-43)40(53)47-34(25-32-18-12-10-13-19-32)24-31(5)44(56)58-27-33-20-14-11-15-21-33;/h10-15,18-21,28-31,34-35,37,39H,9,16-17,22-27H2,1-8H3,(H,47,53)(H,48,55)(H,50,54);1H/t30-,31-,34+,35+,37+,39-;/m0./s1. The number of halogens is 1. The zero-order chi connectivity index (χ0) is 44.0. The molecule has 4 amide bonds. The zero-order valence-corrected chi connectivity index (χ0v) is 38.4. The predicted octanol–water partition coefficient (Wildman–Crippen LogP) is 7.71. The van der Waals surface area contributed by atoms with E-state index < -0.39 is 59.5 Å². The Morgan fingerprint density at radius 1 is 0.885 bits per heavy atom. The van der Waals surface area contributed by atoms with Crippen LogP contribution in [0.25, 0.3) is 0 Å². The van der Waals surface area contributed by atoms with Gasteiger partial charge in [0.15, 0.2) is 10.8 Å². The highest BCUT2D eigenvalue weighted by atomic mass is 35.5. The number of thiazole rings is 1. The van der Waals surface area contributed by atoms with E-state index in [9.17, 15) is 28.8 Å². The second-order valence-electron chi connectivity index (χ2n) is 17.2. The van der Waals surface area contributed by atoms with E-state index >= 15 is 0 Å². The first-order chi connectivity index (χ1) is 28.4. The average Bonchev–Trinajstić information content (AvgIpc) is 3.72. The number of carbonyl (C=O) groups is 6. The Morgan fingerprint density at radius 2 is 1.52 bits per heavy atom. The van der Waals surface area contributed by atoms with E-state index in [-0.39, 0.29) is 59.7 Å². The second kappa shape index (κ2) is 24.0. The summed E-state index contributed by atoms with van der Waals surface area (Å²) >= 11 is 1.05. The van der Waals surface area contributed by atoms with Crippen molar-refractivity contribution < 1.29 is 38.2 Å². The van der Waals surface area contributed by atoms with Gasteiger partial charge in [-0.3, -0.25) is 28.9 Å². The quantitative estimate of drug-likeness (QED) is 0.0806. The first kappa shape index (κ1) is 50.5. The smallest absolute Gasteiger partial charge is 0.410 e. The molecule has 13 nitrogen and oxygen atoms in total. The van der Waals surface area contributed by atoms with Gasteiger partial charge in [-0.1, -0.05) is 102 Å². The highest BCUT2D eigenvalue weighted by Crippen LogP contribution is 2.23. The fraction of sp³-hybridized carbons (Fsp3) is 0.543. The summed E-state index contributed by atoms with van der Waals surface area (Å²) in [6, 6.07) is 16.4. The molecule has 1 aliphatic heterocycles. The minimum Gasteiger partial charge on any atom is -0.461 e. The number of carbonyl (C=O) groups excluding carboxylic acids is 6. The molecule has 3 aromatic rings. The van der Waals surface area contributed by atoms with Crippen molar-refractivity contribution in [3.05, 3.63) is 87.9 Å². The SMILES string of the molecule is CC[C@H](C)[C@H](NC(=O)[C@H]1CCCCN1C(=O)OC(C)(C)C)C(=O)N[C@H](CC(=O)c1nc(C(=O)N[C@@H](Cc2ccccc2)C[C@H](C)C(=O)OCc2ccccc2)cs1)C(C)C.Cl. The van der Waals surface area contributed by atoms with Gasteiger partial charge in [0.25, 0.3) is 5.91 Å². The molecule has 1 aromatic heterocycles. The van der Waals surface area contributed by atoms with Crippen molar-refractivity contribution >= 4 is 59.3 Å². The van der Waals surface area contributed by atoms with Crippen LogP contribution in [-0.4, -0.2) is 81.8 Å². The fourth-order valence-corrected chi connectivity index (χ4v) is 7.71. The number of benzene rings is 2. The largest absolute Gasteiger partial charge is 0.461 e. The van der Waals surface area contributed by atoms with Crippen molar-refractivity contribution in [2.45, 2.75) is 137 Å². The van der Waals surface area contributed by atoms with Gasteiger partial charge < -0.3 is 25.4 Å². The number of nitrogens with zero attached hydrogens (tertiary/aromatic N) is 2. The highest BCUT2D eigenvalue weighted by molar-refractivity contribution is 7.12. The van der Waals surface area contributed by atoms with Gasteiger partial charge in [0, 0.05) is 30.4 Å². The number of nitrogens with one attached hydrogen (secondary N) is 3. The summed E-state index contributed by atoms with van der Waals surface area (Å²) in [5, 5.41) is 10.6. The van der Waals surface area contributed by atoms with Crippen LogP contribution < -0.4 is 16.0 Å². The van der Waals surface area contributed by atoms with Crippen LogP contribution in [0.2, 0.25) is 0 Å². The Hall–Kier alpha value is -4.82. The van der Waals surface area contributed by atoms with Gasteiger partial charge in [0.05, 0.1) is 5.92 Å². The summed E-state index contributed by atoms with van der Waals surface area (Å²) in [5.41, 5.74) is 1.21. The molecule has 0 radical (unpaired) electrons. The minimum absolute atomic E-state index is 0. The van der Waals surface area contributed by atoms with Crippen molar-refractivity contribution in [1.82, 2.24) is 25.8 Å². The minimum atomic E-state index is -0.909. The van der Waals surface area contributed by atoms with E-state index in [1.54, 1.807) is 27.7 Å². The maximum Gasteiger partial charge on any atom is 0.410 e. The molecular formula is C46H64ClN5O8S. The molecule has 0 spiro atoms. The molecule has 2 heterocycles. The topological polar surface area (TPSA) is 173 Å². The van der Waals surface area contributed by atoms with Gasteiger partial charge in [0.2, 0.25) is 11.8 Å². The molecular weight excluding hydrogens is 818 g/mol. The molecule has 0 unspecified atom stereocenters. The van der Waals surface area contributed by atoms with Crippen LogP contribution in [0.1, 0.15) is 125 Å². The Labute approximate surface area is 370 Å². The molecule has 0 saturated carbocycles. The molecule has 15 heteroatoms. The Bertz CT molecular complexity index is 1900. The van der Waals surface area contributed by atoms with Crippen molar-refractivity contribution in [3.8, 4) is 0 Å². The summed E-state index contributed by atoms with van der Waals surface area (Å²) in [5.74, 6) is -2.94. The first-order valence-electron chi connectivity index (χ1n) is 21.1. The molecule has 1 fully saturated rings. The van der Waals surface area contributed by atoms with Crippen LogP contribution in [0.15, 0.2) is 66.0 Å². The normalized spacial score (nSPS) is 16.5. The number of esters is 1. The number of Topliss-reactive ketones (excluding diaryl/α,β-unsaturated/α-hetero) is 1. The van der Waals surface area contributed by atoms with Gasteiger partial charge >= 0.3 is 12.1 Å². The maximum atomic E-state index is 13.9. The van der Waals surface area contributed by atoms with E-state index in [0.29, 0.717) is 32.2 Å². The van der Waals surface area contributed by atoms with Crippen molar-refractivity contribution in [2.75, 3.05) is 6.54 Å². The van der Waals surface area contributed by atoms with Crippen LogP contribution in [-0.2, 0) is 36.9 Å². The lowest BCUT2D eigenvalue weighted by molar-refractivity contribution is -0.149. The Balaban J connectivity index is 0.00000992. The summed E-state index contributed by atoms with van der Waals surface area (Å²) in [7, 11) is 0. The van der Waals surface area contributed by atoms with Crippen LogP contribution in [0.3, 0.4) is 0 Å². The molecule has 3 N–H and O–H groups in total. The summed E-state index contributed by atoms with van der Waals surface area (Å²) in [6.45, 7) is 15.2. The molecule has 4 rings (SSSR count). The Kier molecular flexibility index (Phi) is 19.9. The summed E-state index contributed by atoms with van der Waals surface area (Å²) < 4.78 is 11.1. The van der Waals surface area contributed by atoms with E-state index in [0.717, 1.165) is 35.3 Å². The molecule has 0 bridgehead atoms. The third-order valence-corrected chi connectivity index (χ3v) is 11.5. The van der Waals surface area contributed by atoms with E-state index in [2.05, 4.69) is 20.9 Å². The zero-order valence-electron chi connectivity index (χ0n) is 36.7. The number of ether oxygens (including phenoxy) is 2. The van der Waals surface area contributed by atoms with Crippen molar-refractivity contribution in [1.29, 1.82) is 0 Å². The van der Waals surface area contributed by atoms with Gasteiger partial charge in [-0.25, -0.2) is 9.78 Å². The first-order valence-corrected chi connectivity index (χ1v) is 22.0. The molecule has 1 saturated heterocycles. The average molecular weight is 883 g/mol. The molecule has 6 atom stereocenters. The highest BCUT2D eigenvalue weighted by Gasteiger charge is 2.38. The monoisotopic (exact) mass is 881 g/mol. The van der Waals surface area contributed by atoms with E-state index in [4.69, 9.17) is 9.47 Å². The molecule has 1 aliphatic rings. The number of likely N-dealkylation sites (tertiary alicyclic amines) is 1. The van der Waals surface area contributed by atoms with Crippen LogP contribution in [0.5, 0.6) is 0 Å². The molecule has 334 valence electrons. The number of hydrogen-bond acceptors (Lipinski definition) is 10. The van der Waals surface area contributed by atoms with Gasteiger partial charge in [-0.2, -0.15) is 0 Å². The number of amides is 4.